The standard InChI is InChI=1S/C19H23BrN2O3/c1-22(12-14-4-7-16(20)8-5-14)13-19(23)21-11-15-6-9-17(24-2)18(10-15)25-3/h4-10H,11-13H2,1-3H3,(H,21,23). The third kappa shape index (κ3) is 6.07. The summed E-state index contributed by atoms with van der Waals surface area (Å²) in [5.74, 6) is 1.31. The summed E-state index contributed by atoms with van der Waals surface area (Å²) in [4.78, 5) is 14.1. The molecule has 134 valence electrons. The zero-order valence-corrected chi connectivity index (χ0v) is 16.3. The number of nitrogens with zero attached hydrogens (tertiary/aromatic N) is 1. The van der Waals surface area contributed by atoms with Gasteiger partial charge in [0.1, 0.15) is 0 Å². The monoisotopic (exact) mass is 406 g/mol. The third-order valence-electron chi connectivity index (χ3n) is 3.72. The number of benzene rings is 2. The molecular weight excluding hydrogens is 384 g/mol. The molecule has 25 heavy (non-hydrogen) atoms. The first kappa shape index (κ1) is 19.3. The quantitative estimate of drug-likeness (QED) is 0.730. The zero-order valence-electron chi connectivity index (χ0n) is 14.7. The smallest absolute Gasteiger partial charge is 0.234 e. The second kappa shape index (κ2) is 9.44. The van der Waals surface area contributed by atoms with Crippen LogP contribution in [0, 0.1) is 0 Å². The fourth-order valence-electron chi connectivity index (χ4n) is 2.45. The number of rotatable bonds is 8. The Kier molecular flexibility index (Phi) is 7.28. The molecule has 0 saturated heterocycles. The number of methoxy groups -OCH3 is 2. The Balaban J connectivity index is 1.82. The van der Waals surface area contributed by atoms with Gasteiger partial charge >= 0.3 is 0 Å². The van der Waals surface area contributed by atoms with Gasteiger partial charge in [-0.3, -0.25) is 9.69 Å². The highest BCUT2D eigenvalue weighted by atomic mass is 79.9. The van der Waals surface area contributed by atoms with Gasteiger partial charge in [0.25, 0.3) is 0 Å². The Labute approximate surface area is 157 Å². The summed E-state index contributed by atoms with van der Waals surface area (Å²) in [7, 11) is 5.12. The van der Waals surface area contributed by atoms with Crippen molar-refractivity contribution in [3.05, 3.63) is 58.1 Å². The molecule has 0 unspecified atom stereocenters. The van der Waals surface area contributed by atoms with Crippen LogP contribution in [0.2, 0.25) is 0 Å². The van der Waals surface area contributed by atoms with Crippen LogP contribution < -0.4 is 14.8 Å². The van der Waals surface area contributed by atoms with Gasteiger partial charge in [-0.2, -0.15) is 0 Å². The highest BCUT2D eigenvalue weighted by Crippen LogP contribution is 2.27. The van der Waals surface area contributed by atoms with Crippen LogP contribution in [0.15, 0.2) is 46.9 Å². The van der Waals surface area contributed by atoms with E-state index >= 15 is 0 Å². The lowest BCUT2D eigenvalue weighted by Gasteiger charge is -2.16. The summed E-state index contributed by atoms with van der Waals surface area (Å²) >= 11 is 3.42. The van der Waals surface area contributed by atoms with Gasteiger partial charge in [0, 0.05) is 17.6 Å². The molecular formula is C19H23BrN2O3. The van der Waals surface area contributed by atoms with E-state index in [4.69, 9.17) is 9.47 Å². The molecule has 0 spiro atoms. The van der Waals surface area contributed by atoms with Gasteiger partial charge in [0.05, 0.1) is 20.8 Å². The molecule has 2 aromatic carbocycles. The lowest BCUT2D eigenvalue weighted by atomic mass is 10.2. The van der Waals surface area contributed by atoms with E-state index in [-0.39, 0.29) is 5.91 Å². The topological polar surface area (TPSA) is 50.8 Å². The number of carbonyl (C=O) groups is 1. The molecule has 0 saturated carbocycles. The summed E-state index contributed by atoms with van der Waals surface area (Å²) in [5, 5.41) is 2.93. The molecule has 0 aliphatic heterocycles. The minimum Gasteiger partial charge on any atom is -0.493 e. The van der Waals surface area contributed by atoms with Gasteiger partial charge in [0.15, 0.2) is 11.5 Å². The van der Waals surface area contributed by atoms with Gasteiger partial charge in [-0.05, 0) is 42.4 Å². The largest absolute Gasteiger partial charge is 0.493 e. The van der Waals surface area contributed by atoms with Crippen molar-refractivity contribution in [2.75, 3.05) is 27.8 Å². The Morgan fingerprint density at radius 2 is 1.68 bits per heavy atom. The summed E-state index contributed by atoms with van der Waals surface area (Å²) in [6.45, 7) is 1.51. The number of carbonyl (C=O) groups excluding carboxylic acids is 1. The average molecular weight is 407 g/mol. The summed E-state index contributed by atoms with van der Waals surface area (Å²) in [6, 6.07) is 13.7. The number of amides is 1. The van der Waals surface area contributed by atoms with Gasteiger partial charge in [-0.25, -0.2) is 0 Å². The molecule has 0 fully saturated rings. The van der Waals surface area contributed by atoms with Crippen molar-refractivity contribution in [2.24, 2.45) is 0 Å². The lowest BCUT2D eigenvalue weighted by Crippen LogP contribution is -2.34. The van der Waals surface area contributed by atoms with Crippen LogP contribution in [-0.2, 0) is 17.9 Å². The fourth-order valence-corrected chi connectivity index (χ4v) is 2.71. The second-order valence-electron chi connectivity index (χ2n) is 5.76. The normalized spacial score (nSPS) is 10.6. The van der Waals surface area contributed by atoms with Gasteiger partial charge in [-0.15, -0.1) is 0 Å². The van der Waals surface area contributed by atoms with Crippen molar-refractivity contribution in [3.8, 4) is 11.5 Å². The van der Waals surface area contributed by atoms with Crippen molar-refractivity contribution in [1.82, 2.24) is 10.2 Å². The van der Waals surface area contributed by atoms with Crippen LogP contribution in [0.25, 0.3) is 0 Å². The maximum absolute atomic E-state index is 12.1. The number of nitrogens with one attached hydrogen (secondary N) is 1. The van der Waals surface area contributed by atoms with Crippen molar-refractivity contribution >= 4 is 21.8 Å². The minimum atomic E-state index is -0.0191. The van der Waals surface area contributed by atoms with E-state index in [0.717, 1.165) is 16.6 Å². The maximum atomic E-state index is 12.1. The van der Waals surface area contributed by atoms with E-state index in [9.17, 15) is 4.79 Å². The summed E-state index contributed by atoms with van der Waals surface area (Å²) in [6.07, 6.45) is 0. The summed E-state index contributed by atoms with van der Waals surface area (Å²) < 4.78 is 11.5. The molecule has 2 aromatic rings. The second-order valence-corrected chi connectivity index (χ2v) is 6.68. The number of hydrogen-bond donors (Lipinski definition) is 1. The van der Waals surface area contributed by atoms with Crippen LogP contribution in [0.5, 0.6) is 11.5 Å². The number of hydrogen-bond acceptors (Lipinski definition) is 4. The van der Waals surface area contributed by atoms with E-state index in [1.54, 1.807) is 14.2 Å². The molecule has 0 aromatic heterocycles. The van der Waals surface area contributed by atoms with E-state index in [1.807, 2.05) is 54.4 Å². The number of ether oxygens (including phenoxy) is 2. The Morgan fingerprint density at radius 3 is 2.32 bits per heavy atom. The van der Waals surface area contributed by atoms with Crippen LogP contribution >= 0.6 is 15.9 Å². The molecule has 5 nitrogen and oxygen atoms in total. The van der Waals surface area contributed by atoms with E-state index in [1.165, 1.54) is 5.56 Å². The highest BCUT2D eigenvalue weighted by Gasteiger charge is 2.09. The molecule has 6 heteroatoms. The van der Waals surface area contributed by atoms with Crippen LogP contribution in [0.1, 0.15) is 11.1 Å². The zero-order chi connectivity index (χ0) is 18.2. The van der Waals surface area contributed by atoms with E-state index < -0.39 is 0 Å². The molecule has 0 bridgehead atoms. The Morgan fingerprint density at radius 1 is 1.04 bits per heavy atom. The fraction of sp³-hybridized carbons (Fsp3) is 0.316. The first-order valence-electron chi connectivity index (χ1n) is 7.92. The number of likely N-dealkylation sites (N-methyl/N-ethyl adjacent to an activating group) is 1. The number of halogens is 1. The van der Waals surface area contributed by atoms with Crippen LogP contribution in [0.4, 0.5) is 0 Å². The molecule has 1 amide bonds. The predicted molar refractivity (Wildman–Crippen MR) is 102 cm³/mol. The van der Waals surface area contributed by atoms with Crippen LogP contribution in [-0.4, -0.2) is 38.6 Å². The predicted octanol–water partition coefficient (Wildman–Crippen LogP) is 3.21. The molecule has 0 aliphatic carbocycles. The summed E-state index contributed by atoms with van der Waals surface area (Å²) in [5.41, 5.74) is 2.12. The average Bonchev–Trinajstić information content (AvgIpc) is 2.61. The molecule has 0 aliphatic rings. The molecule has 0 radical (unpaired) electrons. The van der Waals surface area contributed by atoms with Crippen molar-refractivity contribution in [2.45, 2.75) is 13.1 Å². The van der Waals surface area contributed by atoms with Gasteiger partial charge in [0.2, 0.25) is 5.91 Å². The van der Waals surface area contributed by atoms with E-state index in [2.05, 4.69) is 21.2 Å². The van der Waals surface area contributed by atoms with Crippen molar-refractivity contribution in [3.63, 3.8) is 0 Å². The van der Waals surface area contributed by atoms with Crippen molar-refractivity contribution < 1.29 is 14.3 Å². The Bertz CT molecular complexity index is 704. The van der Waals surface area contributed by atoms with E-state index in [0.29, 0.717) is 24.6 Å². The van der Waals surface area contributed by atoms with Crippen LogP contribution in [0.3, 0.4) is 0 Å². The van der Waals surface area contributed by atoms with Crippen molar-refractivity contribution in [1.29, 1.82) is 0 Å². The molecule has 0 atom stereocenters. The van der Waals surface area contributed by atoms with Gasteiger partial charge in [-0.1, -0.05) is 34.1 Å². The highest BCUT2D eigenvalue weighted by molar-refractivity contribution is 9.10. The maximum Gasteiger partial charge on any atom is 0.234 e. The SMILES string of the molecule is COc1ccc(CNC(=O)CN(C)Cc2ccc(Br)cc2)cc1OC. The third-order valence-corrected chi connectivity index (χ3v) is 4.25. The Hall–Kier alpha value is -2.05. The first-order chi connectivity index (χ1) is 12.0. The molecule has 1 N–H and O–H groups in total. The minimum absolute atomic E-state index is 0.0191. The lowest BCUT2D eigenvalue weighted by molar-refractivity contribution is -0.122. The molecule has 2 rings (SSSR count). The van der Waals surface area contributed by atoms with Gasteiger partial charge < -0.3 is 14.8 Å². The first-order valence-corrected chi connectivity index (χ1v) is 8.71. The molecule has 0 heterocycles.